The van der Waals surface area contributed by atoms with E-state index in [-0.39, 0.29) is 5.92 Å². The van der Waals surface area contributed by atoms with Gasteiger partial charge in [-0.1, -0.05) is 18.2 Å². The minimum Gasteiger partial charge on any atom is -0.384 e. The summed E-state index contributed by atoms with van der Waals surface area (Å²) < 4.78 is 0. The number of para-hydroxylation sites is 1. The van der Waals surface area contributed by atoms with Gasteiger partial charge in [0, 0.05) is 24.8 Å². The van der Waals surface area contributed by atoms with E-state index in [1.54, 1.807) is 0 Å². The number of carbonyl (C=O) groups excluding carboxylic acids is 1. The van der Waals surface area contributed by atoms with Crippen LogP contribution in [0.5, 0.6) is 0 Å². The molecule has 1 aliphatic heterocycles. The van der Waals surface area contributed by atoms with E-state index in [1.807, 2.05) is 12.1 Å². The normalized spacial score (nSPS) is 21.9. The summed E-state index contributed by atoms with van der Waals surface area (Å²) in [6, 6.07) is 8.83. The number of rotatable bonds is 3. The molecule has 1 saturated carbocycles. The summed E-state index contributed by atoms with van der Waals surface area (Å²) in [4.78, 5) is 14.6. The van der Waals surface area contributed by atoms with Crippen LogP contribution in [-0.4, -0.2) is 29.9 Å². The second-order valence-corrected chi connectivity index (χ2v) is 5.29. The smallest absolute Gasteiger partial charge is 0.228 e. The molecule has 0 aromatic heterocycles. The predicted octanol–water partition coefficient (Wildman–Crippen LogP) is 2.28. The largest absolute Gasteiger partial charge is 0.384 e. The van der Waals surface area contributed by atoms with Crippen molar-refractivity contribution in [3.8, 4) is 0 Å². The maximum Gasteiger partial charge on any atom is 0.228 e. The molecule has 1 aromatic carbocycles. The van der Waals surface area contributed by atoms with Crippen molar-refractivity contribution in [3.63, 3.8) is 0 Å². The number of anilines is 1. The molecule has 0 bridgehead atoms. The Kier molecular flexibility index (Phi) is 2.98. The topological polar surface area (TPSA) is 32.3 Å². The van der Waals surface area contributed by atoms with Crippen molar-refractivity contribution in [3.05, 3.63) is 29.8 Å². The van der Waals surface area contributed by atoms with Gasteiger partial charge in [-0.2, -0.15) is 0 Å². The third-order valence-electron chi connectivity index (χ3n) is 3.98. The average molecular weight is 244 g/mol. The van der Waals surface area contributed by atoms with Gasteiger partial charge >= 0.3 is 0 Å². The molecule has 3 heteroatoms. The quantitative estimate of drug-likeness (QED) is 0.884. The zero-order valence-corrected chi connectivity index (χ0v) is 10.9. The van der Waals surface area contributed by atoms with Crippen LogP contribution < -0.4 is 5.32 Å². The van der Waals surface area contributed by atoms with Gasteiger partial charge in [-0.05, 0) is 37.8 Å². The van der Waals surface area contributed by atoms with Crippen molar-refractivity contribution in [2.45, 2.75) is 32.2 Å². The van der Waals surface area contributed by atoms with Crippen LogP contribution in [0.4, 0.5) is 5.69 Å². The molecule has 0 spiro atoms. The highest BCUT2D eigenvalue weighted by Crippen LogP contribution is 2.30. The highest BCUT2D eigenvalue weighted by Gasteiger charge is 2.35. The summed E-state index contributed by atoms with van der Waals surface area (Å²) >= 11 is 0. The summed E-state index contributed by atoms with van der Waals surface area (Å²) in [5, 5.41) is 3.38. The second kappa shape index (κ2) is 4.63. The SMILES string of the molecule is CCN(C(=O)C1CNc2ccccc2C1)C1CC1. The molecule has 1 unspecified atom stereocenters. The third-order valence-corrected chi connectivity index (χ3v) is 3.98. The summed E-state index contributed by atoms with van der Waals surface area (Å²) in [5.74, 6) is 0.447. The lowest BCUT2D eigenvalue weighted by Crippen LogP contribution is -2.42. The third kappa shape index (κ3) is 2.09. The fourth-order valence-corrected chi connectivity index (χ4v) is 2.83. The molecule has 1 N–H and O–H groups in total. The van der Waals surface area contributed by atoms with Crippen molar-refractivity contribution in [2.24, 2.45) is 5.92 Å². The number of hydrogen-bond donors (Lipinski definition) is 1. The average Bonchev–Trinajstić information content (AvgIpc) is 3.23. The van der Waals surface area contributed by atoms with Crippen LogP contribution >= 0.6 is 0 Å². The van der Waals surface area contributed by atoms with E-state index >= 15 is 0 Å². The van der Waals surface area contributed by atoms with Crippen LogP contribution in [0.15, 0.2) is 24.3 Å². The highest BCUT2D eigenvalue weighted by molar-refractivity contribution is 5.81. The predicted molar refractivity (Wildman–Crippen MR) is 72.5 cm³/mol. The molecule has 1 aromatic rings. The fraction of sp³-hybridized carbons (Fsp3) is 0.533. The Bertz CT molecular complexity index is 454. The molecule has 1 fully saturated rings. The number of nitrogens with one attached hydrogen (secondary N) is 1. The van der Waals surface area contributed by atoms with E-state index in [0.717, 1.165) is 19.5 Å². The zero-order chi connectivity index (χ0) is 12.5. The van der Waals surface area contributed by atoms with E-state index in [2.05, 4.69) is 29.3 Å². The van der Waals surface area contributed by atoms with E-state index in [0.29, 0.717) is 11.9 Å². The van der Waals surface area contributed by atoms with Gasteiger partial charge in [-0.3, -0.25) is 4.79 Å². The minimum absolute atomic E-state index is 0.112. The Labute approximate surface area is 108 Å². The van der Waals surface area contributed by atoms with Gasteiger partial charge in [0.15, 0.2) is 0 Å². The first-order valence-corrected chi connectivity index (χ1v) is 6.92. The molecule has 1 heterocycles. The highest BCUT2D eigenvalue weighted by atomic mass is 16.2. The molecule has 3 rings (SSSR count). The first-order chi connectivity index (χ1) is 8.79. The number of carbonyl (C=O) groups is 1. The van der Waals surface area contributed by atoms with Crippen LogP contribution in [0.2, 0.25) is 0 Å². The Morgan fingerprint density at radius 3 is 2.89 bits per heavy atom. The number of fused-ring (bicyclic) bond motifs is 1. The summed E-state index contributed by atoms with van der Waals surface area (Å²) in [6.07, 6.45) is 3.26. The molecule has 1 atom stereocenters. The number of amides is 1. The van der Waals surface area contributed by atoms with Crippen molar-refractivity contribution >= 4 is 11.6 Å². The minimum atomic E-state index is 0.112. The van der Waals surface area contributed by atoms with Gasteiger partial charge in [-0.25, -0.2) is 0 Å². The van der Waals surface area contributed by atoms with Crippen LogP contribution in [0.25, 0.3) is 0 Å². The van der Waals surface area contributed by atoms with Crippen LogP contribution in [0.1, 0.15) is 25.3 Å². The zero-order valence-electron chi connectivity index (χ0n) is 10.9. The Balaban J connectivity index is 1.73. The lowest BCUT2D eigenvalue weighted by molar-refractivity contribution is -0.135. The molecule has 2 aliphatic rings. The molecular weight excluding hydrogens is 224 g/mol. The maximum atomic E-state index is 12.5. The molecule has 0 radical (unpaired) electrons. The van der Waals surface area contributed by atoms with Crippen LogP contribution in [0.3, 0.4) is 0 Å². The number of nitrogens with zero attached hydrogens (tertiary/aromatic N) is 1. The van der Waals surface area contributed by atoms with Gasteiger partial charge in [-0.15, -0.1) is 0 Å². The fourth-order valence-electron chi connectivity index (χ4n) is 2.83. The van der Waals surface area contributed by atoms with Gasteiger partial charge in [0.25, 0.3) is 0 Å². The van der Waals surface area contributed by atoms with E-state index in [1.165, 1.54) is 24.1 Å². The van der Waals surface area contributed by atoms with Crippen molar-refractivity contribution < 1.29 is 4.79 Å². The summed E-state index contributed by atoms with van der Waals surface area (Å²) in [7, 11) is 0. The standard InChI is InChI=1S/C15H20N2O/c1-2-17(13-7-8-13)15(18)12-9-11-5-3-4-6-14(11)16-10-12/h3-6,12-13,16H,2,7-10H2,1H3. The summed E-state index contributed by atoms with van der Waals surface area (Å²) in [6.45, 7) is 3.71. The molecule has 1 amide bonds. The van der Waals surface area contributed by atoms with Gasteiger partial charge in [0.2, 0.25) is 5.91 Å². The molecule has 1 aliphatic carbocycles. The van der Waals surface area contributed by atoms with Crippen LogP contribution in [-0.2, 0) is 11.2 Å². The molecule has 18 heavy (non-hydrogen) atoms. The maximum absolute atomic E-state index is 12.5. The van der Waals surface area contributed by atoms with E-state index in [9.17, 15) is 4.79 Å². The Morgan fingerprint density at radius 1 is 1.39 bits per heavy atom. The lowest BCUT2D eigenvalue weighted by Gasteiger charge is -2.30. The molecule has 0 saturated heterocycles. The Hall–Kier alpha value is -1.51. The second-order valence-electron chi connectivity index (χ2n) is 5.29. The number of benzene rings is 1. The van der Waals surface area contributed by atoms with E-state index < -0.39 is 0 Å². The van der Waals surface area contributed by atoms with E-state index in [4.69, 9.17) is 0 Å². The van der Waals surface area contributed by atoms with Gasteiger partial charge in [0.05, 0.1) is 5.92 Å². The van der Waals surface area contributed by atoms with Crippen LogP contribution in [0, 0.1) is 5.92 Å². The first kappa shape index (κ1) is 11.6. The van der Waals surface area contributed by atoms with Gasteiger partial charge < -0.3 is 10.2 Å². The van der Waals surface area contributed by atoms with Crippen molar-refractivity contribution in [1.29, 1.82) is 0 Å². The monoisotopic (exact) mass is 244 g/mol. The van der Waals surface area contributed by atoms with Gasteiger partial charge in [0.1, 0.15) is 0 Å². The molecular formula is C15H20N2O. The number of hydrogen-bond acceptors (Lipinski definition) is 2. The summed E-state index contributed by atoms with van der Waals surface area (Å²) in [5.41, 5.74) is 2.46. The van der Waals surface area contributed by atoms with Crippen molar-refractivity contribution in [1.82, 2.24) is 4.90 Å². The Morgan fingerprint density at radius 2 is 2.17 bits per heavy atom. The van der Waals surface area contributed by atoms with Crippen molar-refractivity contribution in [2.75, 3.05) is 18.4 Å². The molecule has 3 nitrogen and oxygen atoms in total. The lowest BCUT2D eigenvalue weighted by atomic mass is 9.93. The first-order valence-electron chi connectivity index (χ1n) is 6.92. The molecule has 96 valence electrons.